The van der Waals surface area contributed by atoms with Gasteiger partial charge in [-0.15, -0.1) is 5.10 Å². The Balaban J connectivity index is 1.51. The molecule has 3 aromatic carbocycles. The minimum Gasteiger partial charge on any atom is -0.486 e. The third-order valence-electron chi connectivity index (χ3n) is 7.41. The van der Waals surface area contributed by atoms with Crippen LogP contribution < -0.4 is 4.74 Å². The molecule has 0 bridgehead atoms. The standard InChI is InChI=1S/C30H33FN4O3/c1-18-6-7-20(25(14-28(36)37)24-9-10-26-29(19(24)2)32-33-34(26)5)12-21(18)15-35-16-22-13-23(31)8-11-27(22)38-30(3,4)17-35/h6-13,25H,14-17H2,1-5H3,(H,36,37). The zero-order valence-electron chi connectivity index (χ0n) is 22.5. The average molecular weight is 517 g/mol. The molecule has 0 spiro atoms. The summed E-state index contributed by atoms with van der Waals surface area (Å²) >= 11 is 0. The molecule has 1 aromatic heterocycles. The lowest BCUT2D eigenvalue weighted by molar-refractivity contribution is -0.137. The van der Waals surface area contributed by atoms with Gasteiger partial charge < -0.3 is 9.84 Å². The quantitative estimate of drug-likeness (QED) is 0.364. The Hall–Kier alpha value is -3.78. The largest absolute Gasteiger partial charge is 0.486 e. The Morgan fingerprint density at radius 2 is 1.95 bits per heavy atom. The summed E-state index contributed by atoms with van der Waals surface area (Å²) in [6.07, 6.45) is -0.0354. The van der Waals surface area contributed by atoms with E-state index in [2.05, 4.69) is 34.3 Å². The maximum Gasteiger partial charge on any atom is 0.304 e. The maximum atomic E-state index is 14.0. The summed E-state index contributed by atoms with van der Waals surface area (Å²) in [5, 5.41) is 18.3. The van der Waals surface area contributed by atoms with Crippen molar-refractivity contribution in [1.29, 1.82) is 0 Å². The van der Waals surface area contributed by atoms with Crippen LogP contribution in [0.5, 0.6) is 5.75 Å². The number of carbonyl (C=O) groups is 1. The summed E-state index contributed by atoms with van der Waals surface area (Å²) in [6.45, 7) is 9.97. The average Bonchev–Trinajstić information content (AvgIpc) is 3.16. The van der Waals surface area contributed by atoms with Gasteiger partial charge in [0.05, 0.1) is 11.9 Å². The molecule has 0 saturated heterocycles. The van der Waals surface area contributed by atoms with E-state index in [1.165, 1.54) is 6.07 Å². The maximum absolute atomic E-state index is 14.0. The van der Waals surface area contributed by atoms with Crippen LogP contribution in [0.2, 0.25) is 0 Å². The first-order valence-corrected chi connectivity index (χ1v) is 12.8. The van der Waals surface area contributed by atoms with Gasteiger partial charge in [0.15, 0.2) is 0 Å². The number of benzene rings is 3. The predicted molar refractivity (Wildman–Crippen MR) is 144 cm³/mol. The topological polar surface area (TPSA) is 80.5 Å². The lowest BCUT2D eigenvalue weighted by Crippen LogP contribution is -2.40. The van der Waals surface area contributed by atoms with Crippen molar-refractivity contribution in [2.75, 3.05) is 6.54 Å². The van der Waals surface area contributed by atoms with Gasteiger partial charge in [-0.2, -0.15) is 0 Å². The molecular formula is C30H33FN4O3. The van der Waals surface area contributed by atoms with E-state index >= 15 is 0 Å². The van der Waals surface area contributed by atoms with Crippen molar-refractivity contribution in [1.82, 2.24) is 19.9 Å². The first-order valence-electron chi connectivity index (χ1n) is 12.8. The van der Waals surface area contributed by atoms with Crippen LogP contribution >= 0.6 is 0 Å². The smallest absolute Gasteiger partial charge is 0.304 e. The van der Waals surface area contributed by atoms with Gasteiger partial charge in [-0.1, -0.05) is 29.5 Å². The van der Waals surface area contributed by atoms with Crippen LogP contribution in [0, 0.1) is 19.7 Å². The number of halogens is 1. The summed E-state index contributed by atoms with van der Waals surface area (Å²) in [7, 11) is 1.84. The molecular weight excluding hydrogens is 483 g/mol. The number of aromatic nitrogens is 3. The van der Waals surface area contributed by atoms with E-state index in [-0.39, 0.29) is 18.2 Å². The zero-order chi connectivity index (χ0) is 27.2. The first-order chi connectivity index (χ1) is 18.0. The molecule has 38 heavy (non-hydrogen) atoms. The molecule has 2 heterocycles. The fourth-order valence-corrected chi connectivity index (χ4v) is 5.58. The summed E-state index contributed by atoms with van der Waals surface area (Å²) < 4.78 is 22.0. The van der Waals surface area contributed by atoms with E-state index in [0.29, 0.717) is 25.4 Å². The highest BCUT2D eigenvalue weighted by atomic mass is 19.1. The predicted octanol–water partition coefficient (Wildman–Crippen LogP) is 5.50. The van der Waals surface area contributed by atoms with Crippen LogP contribution in [-0.2, 0) is 24.9 Å². The molecule has 198 valence electrons. The zero-order valence-corrected chi connectivity index (χ0v) is 22.5. The highest BCUT2D eigenvalue weighted by molar-refractivity contribution is 5.80. The number of hydrogen-bond donors (Lipinski definition) is 1. The summed E-state index contributed by atoms with van der Waals surface area (Å²) in [6, 6.07) is 14.8. The van der Waals surface area contributed by atoms with Crippen molar-refractivity contribution >= 4 is 17.0 Å². The molecule has 5 rings (SSSR count). The van der Waals surface area contributed by atoms with E-state index in [0.717, 1.165) is 44.4 Å². The molecule has 7 nitrogen and oxygen atoms in total. The highest BCUT2D eigenvalue weighted by Gasteiger charge is 2.30. The summed E-state index contributed by atoms with van der Waals surface area (Å²) in [5.74, 6) is -0.768. The number of carboxylic acid groups (broad SMARTS) is 1. The minimum atomic E-state index is -0.860. The molecule has 8 heteroatoms. The molecule has 1 unspecified atom stereocenters. The number of aryl methyl sites for hydroxylation is 3. The Labute approximate surface area is 221 Å². The van der Waals surface area contributed by atoms with Gasteiger partial charge >= 0.3 is 5.97 Å². The minimum absolute atomic E-state index is 0.0354. The first kappa shape index (κ1) is 25.9. The SMILES string of the molecule is Cc1ccc(C(CC(=O)O)c2ccc3c(nnn3C)c2C)cc1CN1Cc2cc(F)ccc2OC(C)(C)C1. The van der Waals surface area contributed by atoms with Gasteiger partial charge in [-0.3, -0.25) is 9.69 Å². The van der Waals surface area contributed by atoms with E-state index < -0.39 is 11.6 Å². The Bertz CT molecular complexity index is 1530. The third-order valence-corrected chi connectivity index (χ3v) is 7.41. The van der Waals surface area contributed by atoms with Crippen LogP contribution in [0.3, 0.4) is 0 Å². The van der Waals surface area contributed by atoms with Crippen LogP contribution in [0.25, 0.3) is 11.0 Å². The second-order valence-electron chi connectivity index (χ2n) is 11.0. The van der Waals surface area contributed by atoms with Gasteiger partial charge in [-0.25, -0.2) is 9.07 Å². The van der Waals surface area contributed by atoms with Crippen LogP contribution in [0.4, 0.5) is 4.39 Å². The number of nitrogens with zero attached hydrogens (tertiary/aromatic N) is 4. The molecule has 0 amide bonds. The second kappa shape index (κ2) is 9.83. The number of ether oxygens (including phenoxy) is 1. The van der Waals surface area contributed by atoms with Crippen LogP contribution in [0.15, 0.2) is 48.5 Å². The van der Waals surface area contributed by atoms with Gasteiger partial charge in [-0.05, 0) is 79.8 Å². The summed E-state index contributed by atoms with van der Waals surface area (Å²) in [4.78, 5) is 14.2. The fourth-order valence-electron chi connectivity index (χ4n) is 5.58. The Kier molecular flexibility index (Phi) is 6.69. The normalized spacial score (nSPS) is 16.1. The van der Waals surface area contributed by atoms with E-state index in [1.807, 2.05) is 46.0 Å². The lowest BCUT2D eigenvalue weighted by atomic mass is 9.84. The van der Waals surface area contributed by atoms with E-state index in [9.17, 15) is 14.3 Å². The molecule has 4 aromatic rings. The van der Waals surface area contributed by atoms with Gasteiger partial charge in [0.25, 0.3) is 0 Å². The monoisotopic (exact) mass is 516 g/mol. The van der Waals surface area contributed by atoms with Crippen molar-refractivity contribution in [3.05, 3.63) is 87.7 Å². The number of carboxylic acids is 1. The molecule has 1 N–H and O–H groups in total. The molecule has 0 fully saturated rings. The fraction of sp³-hybridized carbons (Fsp3) is 0.367. The molecule has 1 atom stereocenters. The van der Waals surface area contributed by atoms with Crippen molar-refractivity contribution < 1.29 is 19.0 Å². The molecule has 0 saturated carbocycles. The lowest BCUT2D eigenvalue weighted by Gasteiger charge is -2.30. The molecule has 1 aliphatic rings. The molecule has 1 aliphatic heterocycles. The highest BCUT2D eigenvalue weighted by Crippen LogP contribution is 2.35. The van der Waals surface area contributed by atoms with Crippen LogP contribution in [0.1, 0.15) is 59.6 Å². The van der Waals surface area contributed by atoms with Gasteiger partial charge in [0, 0.05) is 38.2 Å². The van der Waals surface area contributed by atoms with Gasteiger partial charge in [0.2, 0.25) is 0 Å². The Morgan fingerprint density at radius 1 is 1.16 bits per heavy atom. The Morgan fingerprint density at radius 3 is 2.71 bits per heavy atom. The number of hydrogen-bond acceptors (Lipinski definition) is 5. The summed E-state index contributed by atoms with van der Waals surface area (Å²) in [5.41, 5.74) is 7.09. The van der Waals surface area contributed by atoms with Crippen LogP contribution in [-0.4, -0.2) is 43.1 Å². The number of aliphatic carboxylic acids is 1. The van der Waals surface area contributed by atoms with E-state index in [1.54, 1.807) is 16.8 Å². The number of fused-ring (bicyclic) bond motifs is 2. The molecule has 0 radical (unpaired) electrons. The van der Waals surface area contributed by atoms with Crippen molar-refractivity contribution in [3.8, 4) is 5.75 Å². The number of rotatable bonds is 6. The van der Waals surface area contributed by atoms with Gasteiger partial charge in [0.1, 0.15) is 22.7 Å². The van der Waals surface area contributed by atoms with Crippen molar-refractivity contribution in [2.45, 2.75) is 58.7 Å². The second-order valence-corrected chi connectivity index (χ2v) is 11.0. The van der Waals surface area contributed by atoms with E-state index in [4.69, 9.17) is 4.74 Å². The van der Waals surface area contributed by atoms with Crippen molar-refractivity contribution in [2.24, 2.45) is 7.05 Å². The third kappa shape index (κ3) is 5.13. The molecule has 0 aliphatic carbocycles. The van der Waals surface area contributed by atoms with Crippen molar-refractivity contribution in [3.63, 3.8) is 0 Å².